The molecule has 2 aromatic rings. The number of hydrogen-bond acceptors (Lipinski definition) is 3. The van der Waals surface area contributed by atoms with Crippen LogP contribution in [0.4, 0.5) is 0 Å². The van der Waals surface area contributed by atoms with E-state index in [1.54, 1.807) is 11.3 Å². The Kier molecular flexibility index (Phi) is 2.37. The van der Waals surface area contributed by atoms with Gasteiger partial charge in [0, 0.05) is 17.4 Å². The first-order valence-corrected chi connectivity index (χ1v) is 6.93. The maximum atomic E-state index is 12.2. The summed E-state index contributed by atoms with van der Waals surface area (Å²) in [6.45, 7) is 0.821. The number of fused-ring (bicyclic) bond motifs is 1. The Labute approximate surface area is 103 Å². The van der Waals surface area contributed by atoms with E-state index >= 15 is 0 Å². The van der Waals surface area contributed by atoms with Gasteiger partial charge >= 0.3 is 0 Å². The third kappa shape index (κ3) is 1.60. The molecule has 2 nitrogen and oxygen atoms in total. The van der Waals surface area contributed by atoms with Crippen LogP contribution in [0.1, 0.15) is 12.8 Å². The molecule has 0 aromatic carbocycles. The van der Waals surface area contributed by atoms with E-state index in [0.29, 0.717) is 0 Å². The first-order valence-electron chi connectivity index (χ1n) is 5.42. The minimum atomic E-state index is 0.145. The molecule has 0 aliphatic heterocycles. The van der Waals surface area contributed by atoms with Crippen LogP contribution in [0.25, 0.3) is 10.1 Å². The fraction of sp³-hybridized carbons (Fsp3) is 0.417. The highest BCUT2D eigenvalue weighted by Crippen LogP contribution is 2.47. The zero-order valence-corrected chi connectivity index (χ0v) is 10.6. The second kappa shape index (κ2) is 3.64. The maximum absolute atomic E-state index is 12.2. The summed E-state index contributed by atoms with van der Waals surface area (Å²) in [6.07, 6.45) is 4.32. The molecule has 16 heavy (non-hydrogen) atoms. The van der Waals surface area contributed by atoms with Gasteiger partial charge < -0.3 is 4.57 Å². The smallest absolute Gasteiger partial charge is 0.259 e. The van der Waals surface area contributed by atoms with Crippen molar-refractivity contribution in [2.45, 2.75) is 19.4 Å². The SMILES string of the molecule is O=c1c2ccsc2ccn1CC1(CS)CC1. The molecule has 3 rings (SSSR count). The van der Waals surface area contributed by atoms with E-state index in [9.17, 15) is 4.79 Å². The van der Waals surface area contributed by atoms with Crippen molar-refractivity contribution in [2.24, 2.45) is 5.41 Å². The second-order valence-electron chi connectivity index (χ2n) is 4.61. The first kappa shape index (κ1) is 10.4. The van der Waals surface area contributed by atoms with Gasteiger partial charge in [-0.15, -0.1) is 11.3 Å². The molecular formula is C12H13NOS2. The van der Waals surface area contributed by atoms with Gasteiger partial charge in [0.25, 0.3) is 5.56 Å². The van der Waals surface area contributed by atoms with E-state index in [1.807, 2.05) is 28.3 Å². The van der Waals surface area contributed by atoms with Gasteiger partial charge in [-0.1, -0.05) is 0 Å². The summed E-state index contributed by atoms with van der Waals surface area (Å²) in [5.41, 5.74) is 0.434. The predicted molar refractivity (Wildman–Crippen MR) is 71.6 cm³/mol. The Morgan fingerprint density at radius 1 is 1.44 bits per heavy atom. The summed E-state index contributed by atoms with van der Waals surface area (Å²) < 4.78 is 2.93. The minimum absolute atomic E-state index is 0.145. The molecule has 1 aliphatic carbocycles. The van der Waals surface area contributed by atoms with E-state index < -0.39 is 0 Å². The van der Waals surface area contributed by atoms with Crippen molar-refractivity contribution in [1.82, 2.24) is 4.57 Å². The maximum Gasteiger partial charge on any atom is 0.259 e. The normalized spacial score (nSPS) is 17.8. The zero-order chi connectivity index (χ0) is 11.2. The van der Waals surface area contributed by atoms with E-state index in [0.717, 1.165) is 22.4 Å². The Hall–Kier alpha value is -0.740. The predicted octanol–water partition coefficient (Wildman–Crippen LogP) is 2.77. The Balaban J connectivity index is 2.04. The summed E-state index contributed by atoms with van der Waals surface area (Å²) in [5, 5.41) is 2.82. The molecular weight excluding hydrogens is 238 g/mol. The van der Waals surface area contributed by atoms with E-state index in [-0.39, 0.29) is 11.0 Å². The van der Waals surface area contributed by atoms with Crippen molar-refractivity contribution in [1.29, 1.82) is 0 Å². The molecule has 2 heterocycles. The number of aromatic nitrogens is 1. The van der Waals surface area contributed by atoms with Crippen LogP contribution in [-0.4, -0.2) is 10.3 Å². The molecule has 0 amide bonds. The van der Waals surface area contributed by atoms with Gasteiger partial charge in [-0.3, -0.25) is 4.79 Å². The van der Waals surface area contributed by atoms with Crippen LogP contribution >= 0.6 is 24.0 Å². The van der Waals surface area contributed by atoms with E-state index in [2.05, 4.69) is 12.6 Å². The number of nitrogens with zero attached hydrogens (tertiary/aromatic N) is 1. The van der Waals surface area contributed by atoms with Gasteiger partial charge in [-0.2, -0.15) is 12.6 Å². The summed E-state index contributed by atoms with van der Waals surface area (Å²) in [6, 6.07) is 3.95. The lowest BCUT2D eigenvalue weighted by Gasteiger charge is -2.13. The molecule has 84 valence electrons. The van der Waals surface area contributed by atoms with Crippen LogP contribution < -0.4 is 5.56 Å². The van der Waals surface area contributed by atoms with Crippen LogP contribution in [0.3, 0.4) is 0 Å². The molecule has 0 atom stereocenters. The highest BCUT2D eigenvalue weighted by atomic mass is 32.1. The summed E-state index contributed by atoms with van der Waals surface area (Å²) in [4.78, 5) is 12.2. The monoisotopic (exact) mass is 251 g/mol. The van der Waals surface area contributed by atoms with Crippen LogP contribution in [0.15, 0.2) is 28.5 Å². The van der Waals surface area contributed by atoms with Crippen molar-refractivity contribution >= 4 is 34.1 Å². The first-order chi connectivity index (χ1) is 7.74. The largest absolute Gasteiger partial charge is 0.314 e. The molecule has 1 aliphatic rings. The van der Waals surface area contributed by atoms with Crippen molar-refractivity contribution < 1.29 is 0 Å². The highest BCUT2D eigenvalue weighted by Gasteiger charge is 2.41. The van der Waals surface area contributed by atoms with Gasteiger partial charge in [0.2, 0.25) is 0 Å². The van der Waals surface area contributed by atoms with Crippen LogP contribution in [0.2, 0.25) is 0 Å². The average Bonchev–Trinajstić information content (AvgIpc) is 2.90. The van der Waals surface area contributed by atoms with E-state index in [1.165, 1.54) is 12.8 Å². The van der Waals surface area contributed by atoms with Crippen molar-refractivity contribution in [3.63, 3.8) is 0 Å². The van der Waals surface area contributed by atoms with Gasteiger partial charge in [-0.05, 0) is 41.5 Å². The number of rotatable bonds is 3. The third-order valence-corrected chi connectivity index (χ3v) is 4.94. The molecule has 2 aromatic heterocycles. The van der Waals surface area contributed by atoms with Gasteiger partial charge in [0.15, 0.2) is 0 Å². The molecule has 0 unspecified atom stereocenters. The number of hydrogen-bond donors (Lipinski definition) is 1. The molecule has 4 heteroatoms. The van der Waals surface area contributed by atoms with Gasteiger partial charge in [-0.25, -0.2) is 0 Å². The van der Waals surface area contributed by atoms with Crippen LogP contribution in [0.5, 0.6) is 0 Å². The lowest BCUT2D eigenvalue weighted by molar-refractivity contribution is 0.466. The van der Waals surface area contributed by atoms with Crippen molar-refractivity contribution in [3.05, 3.63) is 34.1 Å². The molecule has 0 radical (unpaired) electrons. The Bertz CT molecular complexity index is 580. The standard InChI is InChI=1S/C12H13NOS2/c14-11-9-2-6-16-10(9)1-5-13(11)7-12(8-15)3-4-12/h1-2,5-6,15H,3-4,7-8H2. The lowest BCUT2D eigenvalue weighted by Crippen LogP contribution is -2.24. The Morgan fingerprint density at radius 3 is 2.94 bits per heavy atom. The quantitative estimate of drug-likeness (QED) is 0.833. The summed E-state index contributed by atoms with van der Waals surface area (Å²) >= 11 is 6.00. The summed E-state index contributed by atoms with van der Waals surface area (Å²) in [7, 11) is 0. The fourth-order valence-electron chi connectivity index (χ4n) is 2.04. The zero-order valence-electron chi connectivity index (χ0n) is 8.85. The van der Waals surface area contributed by atoms with Gasteiger partial charge in [0.05, 0.1) is 5.39 Å². The number of thiol groups is 1. The fourth-order valence-corrected chi connectivity index (χ4v) is 3.22. The molecule has 0 bridgehead atoms. The third-order valence-electron chi connectivity index (χ3n) is 3.39. The van der Waals surface area contributed by atoms with Gasteiger partial charge in [0.1, 0.15) is 0 Å². The second-order valence-corrected chi connectivity index (χ2v) is 5.87. The van der Waals surface area contributed by atoms with Crippen LogP contribution in [-0.2, 0) is 6.54 Å². The molecule has 0 spiro atoms. The molecule has 1 fully saturated rings. The van der Waals surface area contributed by atoms with Crippen molar-refractivity contribution in [2.75, 3.05) is 5.75 Å². The molecule has 0 N–H and O–H groups in total. The van der Waals surface area contributed by atoms with Crippen molar-refractivity contribution in [3.8, 4) is 0 Å². The number of thiophene rings is 1. The average molecular weight is 251 g/mol. The minimum Gasteiger partial charge on any atom is -0.314 e. The molecule has 1 saturated carbocycles. The number of pyridine rings is 1. The Morgan fingerprint density at radius 2 is 2.25 bits per heavy atom. The highest BCUT2D eigenvalue weighted by molar-refractivity contribution is 7.80. The van der Waals surface area contributed by atoms with E-state index in [4.69, 9.17) is 0 Å². The topological polar surface area (TPSA) is 22.0 Å². The lowest BCUT2D eigenvalue weighted by atomic mass is 10.1. The molecule has 0 saturated heterocycles. The summed E-state index contributed by atoms with van der Waals surface area (Å²) in [5.74, 6) is 0.876. The van der Waals surface area contributed by atoms with Crippen LogP contribution in [0, 0.1) is 5.41 Å².